The zero-order valence-electron chi connectivity index (χ0n) is 15.7. The van der Waals surface area contributed by atoms with Gasteiger partial charge in [0.2, 0.25) is 5.91 Å². The number of benzene rings is 2. The van der Waals surface area contributed by atoms with Crippen molar-refractivity contribution in [1.29, 1.82) is 5.26 Å². The fourth-order valence-corrected chi connectivity index (χ4v) is 2.50. The van der Waals surface area contributed by atoms with Gasteiger partial charge in [-0.25, -0.2) is 0 Å². The molecule has 0 aromatic heterocycles. The van der Waals surface area contributed by atoms with Crippen molar-refractivity contribution >= 4 is 23.2 Å². The van der Waals surface area contributed by atoms with Gasteiger partial charge in [0.05, 0.1) is 6.07 Å². The summed E-state index contributed by atoms with van der Waals surface area (Å²) in [5.74, 6) is 0.273. The van der Waals surface area contributed by atoms with Crippen molar-refractivity contribution in [2.75, 3.05) is 10.6 Å². The predicted octanol–water partition coefficient (Wildman–Crippen LogP) is 4.07. The van der Waals surface area contributed by atoms with Gasteiger partial charge in [0.15, 0.2) is 6.10 Å². The molecule has 0 bridgehead atoms. The fourth-order valence-electron chi connectivity index (χ4n) is 2.50. The summed E-state index contributed by atoms with van der Waals surface area (Å²) in [4.78, 5) is 24.0. The van der Waals surface area contributed by atoms with E-state index >= 15 is 0 Å². The van der Waals surface area contributed by atoms with E-state index in [1.807, 2.05) is 24.3 Å². The highest BCUT2D eigenvalue weighted by molar-refractivity contribution is 5.96. The third-order valence-corrected chi connectivity index (χ3v) is 3.87. The van der Waals surface area contributed by atoms with E-state index in [0.717, 1.165) is 5.56 Å². The second kappa shape index (κ2) is 9.39. The number of nitrogens with zero attached hydrogens (tertiary/aromatic N) is 1. The molecule has 0 fully saturated rings. The van der Waals surface area contributed by atoms with Gasteiger partial charge in [-0.3, -0.25) is 9.59 Å². The molecule has 0 saturated heterocycles. The van der Waals surface area contributed by atoms with Crippen molar-refractivity contribution in [2.24, 2.45) is 0 Å². The quantitative estimate of drug-likeness (QED) is 0.774. The maximum absolute atomic E-state index is 12.5. The van der Waals surface area contributed by atoms with Gasteiger partial charge in [-0.1, -0.05) is 38.1 Å². The maximum Gasteiger partial charge on any atom is 0.265 e. The van der Waals surface area contributed by atoms with E-state index in [0.29, 0.717) is 17.1 Å². The topological polar surface area (TPSA) is 91.2 Å². The van der Waals surface area contributed by atoms with Gasteiger partial charge in [0.25, 0.3) is 5.91 Å². The zero-order chi connectivity index (χ0) is 19.8. The summed E-state index contributed by atoms with van der Waals surface area (Å²) in [6.07, 6.45) is -0.918. The number of para-hydroxylation sites is 1. The molecule has 1 unspecified atom stereocenters. The molecule has 6 heteroatoms. The number of rotatable bonds is 7. The number of amides is 2. The molecule has 2 amide bonds. The number of hydrogen-bond acceptors (Lipinski definition) is 4. The van der Waals surface area contributed by atoms with E-state index in [1.54, 1.807) is 37.3 Å². The Morgan fingerprint density at radius 2 is 1.70 bits per heavy atom. The van der Waals surface area contributed by atoms with Gasteiger partial charge in [-0.15, -0.1) is 0 Å². The van der Waals surface area contributed by atoms with Crippen LogP contribution in [0.4, 0.5) is 11.4 Å². The Morgan fingerprint density at radius 3 is 2.37 bits per heavy atom. The van der Waals surface area contributed by atoms with Gasteiger partial charge in [0.1, 0.15) is 12.2 Å². The van der Waals surface area contributed by atoms with Gasteiger partial charge >= 0.3 is 0 Å². The van der Waals surface area contributed by atoms with Crippen LogP contribution < -0.4 is 15.4 Å². The number of nitriles is 1. The first-order chi connectivity index (χ1) is 12.9. The van der Waals surface area contributed by atoms with Crippen LogP contribution in [0, 0.1) is 11.3 Å². The maximum atomic E-state index is 12.5. The van der Waals surface area contributed by atoms with Crippen molar-refractivity contribution in [2.45, 2.75) is 39.2 Å². The summed E-state index contributed by atoms with van der Waals surface area (Å²) in [5, 5.41) is 13.9. The van der Waals surface area contributed by atoms with Gasteiger partial charge < -0.3 is 15.4 Å². The number of hydrogen-bond donors (Lipinski definition) is 2. The Labute approximate surface area is 159 Å². The molecule has 0 heterocycles. The summed E-state index contributed by atoms with van der Waals surface area (Å²) in [6, 6.07) is 16.2. The SMILES string of the molecule is CC(Oc1ccccc1C(C)C)C(=O)Nc1cccc(NC(=O)CC#N)c1. The monoisotopic (exact) mass is 365 g/mol. The van der Waals surface area contributed by atoms with Gasteiger partial charge in [-0.2, -0.15) is 5.26 Å². The van der Waals surface area contributed by atoms with E-state index in [1.165, 1.54) is 0 Å². The number of carbonyl (C=O) groups excluding carboxylic acids is 2. The van der Waals surface area contributed by atoms with E-state index in [2.05, 4.69) is 24.5 Å². The molecule has 0 saturated carbocycles. The summed E-state index contributed by atoms with van der Waals surface area (Å²) in [5.41, 5.74) is 2.08. The van der Waals surface area contributed by atoms with E-state index < -0.39 is 12.0 Å². The van der Waals surface area contributed by atoms with Crippen LogP contribution in [-0.2, 0) is 9.59 Å². The summed E-state index contributed by atoms with van der Waals surface area (Å²) < 4.78 is 5.85. The van der Waals surface area contributed by atoms with Crippen LogP contribution in [0.5, 0.6) is 5.75 Å². The average molecular weight is 365 g/mol. The van der Waals surface area contributed by atoms with Crippen LogP contribution in [-0.4, -0.2) is 17.9 Å². The Balaban J connectivity index is 2.03. The van der Waals surface area contributed by atoms with Crippen molar-refractivity contribution in [3.8, 4) is 11.8 Å². The highest BCUT2D eigenvalue weighted by Gasteiger charge is 2.17. The van der Waals surface area contributed by atoms with Crippen molar-refractivity contribution in [3.63, 3.8) is 0 Å². The second-order valence-corrected chi connectivity index (χ2v) is 6.41. The number of carbonyl (C=O) groups is 2. The highest BCUT2D eigenvalue weighted by atomic mass is 16.5. The van der Waals surface area contributed by atoms with Crippen molar-refractivity contribution in [1.82, 2.24) is 0 Å². The van der Waals surface area contributed by atoms with Crippen LogP contribution in [0.25, 0.3) is 0 Å². The molecule has 0 aliphatic carbocycles. The molecule has 0 spiro atoms. The Morgan fingerprint density at radius 1 is 1.04 bits per heavy atom. The minimum atomic E-state index is -0.693. The first kappa shape index (κ1) is 20.0. The molecule has 1 atom stereocenters. The molecular weight excluding hydrogens is 342 g/mol. The lowest BCUT2D eigenvalue weighted by atomic mass is 10.0. The highest BCUT2D eigenvalue weighted by Crippen LogP contribution is 2.27. The molecule has 0 aliphatic rings. The molecule has 27 heavy (non-hydrogen) atoms. The molecule has 0 radical (unpaired) electrons. The molecule has 6 nitrogen and oxygen atoms in total. The molecular formula is C21H23N3O3. The number of nitrogens with one attached hydrogen (secondary N) is 2. The summed E-state index contributed by atoms with van der Waals surface area (Å²) in [7, 11) is 0. The van der Waals surface area contributed by atoms with Crippen LogP contribution in [0.3, 0.4) is 0 Å². The van der Waals surface area contributed by atoms with Gasteiger partial charge in [-0.05, 0) is 42.7 Å². The van der Waals surface area contributed by atoms with E-state index in [9.17, 15) is 9.59 Å². The van der Waals surface area contributed by atoms with Crippen molar-refractivity contribution < 1.29 is 14.3 Å². The third kappa shape index (κ3) is 5.86. The van der Waals surface area contributed by atoms with Crippen LogP contribution >= 0.6 is 0 Å². The number of anilines is 2. The Bertz CT molecular complexity index is 856. The number of ether oxygens (including phenoxy) is 1. The standard InChI is InChI=1S/C21H23N3O3/c1-14(2)18-9-4-5-10-19(18)27-15(3)21(26)24-17-8-6-7-16(13-17)23-20(25)11-12-22/h4-10,13-15H,11H2,1-3H3,(H,23,25)(H,24,26). The van der Waals surface area contributed by atoms with Crippen LogP contribution in [0.1, 0.15) is 38.7 Å². The molecule has 2 aromatic carbocycles. The van der Waals surface area contributed by atoms with Crippen molar-refractivity contribution in [3.05, 3.63) is 54.1 Å². The minimum absolute atomic E-state index is 0.225. The first-order valence-corrected chi connectivity index (χ1v) is 8.74. The van der Waals surface area contributed by atoms with Crippen LogP contribution in [0.15, 0.2) is 48.5 Å². The zero-order valence-corrected chi connectivity index (χ0v) is 15.7. The molecule has 2 N–H and O–H groups in total. The molecule has 2 rings (SSSR count). The lowest BCUT2D eigenvalue weighted by Gasteiger charge is -2.19. The lowest BCUT2D eigenvalue weighted by molar-refractivity contribution is -0.122. The summed E-state index contributed by atoms with van der Waals surface area (Å²) >= 11 is 0. The fraction of sp³-hybridized carbons (Fsp3) is 0.286. The average Bonchev–Trinajstić information content (AvgIpc) is 2.62. The Kier molecular flexibility index (Phi) is 6.95. The molecule has 0 aliphatic heterocycles. The van der Waals surface area contributed by atoms with E-state index in [4.69, 9.17) is 10.00 Å². The second-order valence-electron chi connectivity index (χ2n) is 6.41. The van der Waals surface area contributed by atoms with Crippen LogP contribution in [0.2, 0.25) is 0 Å². The lowest BCUT2D eigenvalue weighted by Crippen LogP contribution is -2.30. The molecule has 140 valence electrons. The smallest absolute Gasteiger partial charge is 0.265 e. The first-order valence-electron chi connectivity index (χ1n) is 8.74. The van der Waals surface area contributed by atoms with Gasteiger partial charge in [0, 0.05) is 11.4 Å². The minimum Gasteiger partial charge on any atom is -0.481 e. The largest absolute Gasteiger partial charge is 0.481 e. The van der Waals surface area contributed by atoms with E-state index in [-0.39, 0.29) is 18.2 Å². The summed E-state index contributed by atoms with van der Waals surface area (Å²) in [6.45, 7) is 5.82. The predicted molar refractivity (Wildman–Crippen MR) is 105 cm³/mol. The normalized spacial score (nSPS) is 11.4. The Hall–Kier alpha value is -3.33. The third-order valence-electron chi connectivity index (χ3n) is 3.87. The molecule has 2 aromatic rings.